The highest BCUT2D eigenvalue weighted by atomic mass is 19.1. The molecule has 1 rings (SSSR count). The number of alkyl halides is 1. The Morgan fingerprint density at radius 2 is 2.06 bits per heavy atom. The highest BCUT2D eigenvalue weighted by Gasteiger charge is 2.19. The van der Waals surface area contributed by atoms with Gasteiger partial charge in [0.05, 0.1) is 13.0 Å². The highest BCUT2D eigenvalue weighted by Crippen LogP contribution is 2.30. The largest absolute Gasteiger partial charge is 0.493 e. The van der Waals surface area contributed by atoms with Crippen LogP contribution >= 0.6 is 0 Å². The minimum absolute atomic E-state index is 0.0208. The van der Waals surface area contributed by atoms with Gasteiger partial charge in [0.25, 0.3) is 0 Å². The fourth-order valence-corrected chi connectivity index (χ4v) is 1.70. The third-order valence-electron chi connectivity index (χ3n) is 2.75. The molecule has 2 unspecified atom stereocenters. The van der Waals surface area contributed by atoms with Gasteiger partial charge in [-0.25, -0.2) is 8.78 Å². The summed E-state index contributed by atoms with van der Waals surface area (Å²) in [7, 11) is 1.30. The Balaban J connectivity index is 3.17. The van der Waals surface area contributed by atoms with Gasteiger partial charge in [0.15, 0.2) is 11.6 Å². The van der Waals surface area contributed by atoms with E-state index in [0.717, 1.165) is 6.07 Å². The fourth-order valence-electron chi connectivity index (χ4n) is 1.70. The van der Waals surface area contributed by atoms with Gasteiger partial charge in [0, 0.05) is 0 Å². The summed E-state index contributed by atoms with van der Waals surface area (Å²) in [6, 6.07) is 2.52. The van der Waals surface area contributed by atoms with Gasteiger partial charge in [0.2, 0.25) is 0 Å². The number of benzene rings is 1. The minimum Gasteiger partial charge on any atom is -0.493 e. The van der Waals surface area contributed by atoms with Crippen LogP contribution in [0, 0.1) is 11.7 Å². The molecule has 0 aliphatic carbocycles. The van der Waals surface area contributed by atoms with Crippen molar-refractivity contribution in [3.05, 3.63) is 29.1 Å². The predicted octanol–water partition coefficient (Wildman–Crippen LogP) is 3.13. The summed E-state index contributed by atoms with van der Waals surface area (Å²) in [5.74, 6) is -2.38. The summed E-state index contributed by atoms with van der Waals surface area (Å²) in [4.78, 5) is 10.8. The van der Waals surface area contributed by atoms with Crippen LogP contribution in [0.3, 0.4) is 0 Å². The lowest BCUT2D eigenvalue weighted by atomic mass is 9.97. The lowest BCUT2D eigenvalue weighted by molar-refractivity contribution is -0.141. The van der Waals surface area contributed by atoms with Gasteiger partial charge < -0.3 is 9.84 Å². The molecule has 1 aromatic carbocycles. The van der Waals surface area contributed by atoms with E-state index in [9.17, 15) is 13.6 Å². The number of rotatable bonds is 5. The van der Waals surface area contributed by atoms with Crippen LogP contribution < -0.4 is 4.74 Å². The number of hydrogen-bond acceptors (Lipinski definition) is 2. The van der Waals surface area contributed by atoms with Gasteiger partial charge in [-0.3, -0.25) is 4.79 Å². The average molecular weight is 258 g/mol. The molecule has 5 heteroatoms. The Labute approximate surface area is 104 Å². The van der Waals surface area contributed by atoms with Crippen LogP contribution in [-0.2, 0) is 11.2 Å². The number of hydrogen-bond donors (Lipinski definition) is 1. The molecular formula is C13H16F2O3. The topological polar surface area (TPSA) is 46.5 Å². The summed E-state index contributed by atoms with van der Waals surface area (Å²) in [6.07, 6.45) is -1.22. The van der Waals surface area contributed by atoms with Crippen LogP contribution in [-0.4, -0.2) is 18.2 Å². The summed E-state index contributed by atoms with van der Waals surface area (Å²) >= 11 is 0. The van der Waals surface area contributed by atoms with E-state index >= 15 is 0 Å². The van der Waals surface area contributed by atoms with Gasteiger partial charge in [-0.1, -0.05) is 6.92 Å². The molecule has 0 saturated carbocycles. The normalized spacial score (nSPS) is 14.1. The maximum Gasteiger partial charge on any atom is 0.306 e. The molecule has 0 spiro atoms. The molecule has 0 amide bonds. The Kier molecular flexibility index (Phi) is 4.64. The minimum atomic E-state index is -1.32. The summed E-state index contributed by atoms with van der Waals surface area (Å²) in [5, 5.41) is 8.85. The lowest BCUT2D eigenvalue weighted by Gasteiger charge is -2.14. The van der Waals surface area contributed by atoms with Crippen LogP contribution in [0.25, 0.3) is 0 Å². The second kappa shape index (κ2) is 5.80. The average Bonchev–Trinajstić information content (AvgIpc) is 2.28. The zero-order valence-corrected chi connectivity index (χ0v) is 10.5. The molecule has 1 N–H and O–H groups in total. The van der Waals surface area contributed by atoms with Crippen molar-refractivity contribution in [2.45, 2.75) is 26.4 Å². The Hall–Kier alpha value is -1.65. The van der Waals surface area contributed by atoms with Crippen molar-refractivity contribution in [1.29, 1.82) is 0 Å². The molecule has 1 aromatic rings. The third kappa shape index (κ3) is 3.18. The first-order valence-corrected chi connectivity index (χ1v) is 5.60. The monoisotopic (exact) mass is 258 g/mol. The highest BCUT2D eigenvalue weighted by molar-refractivity contribution is 5.70. The quantitative estimate of drug-likeness (QED) is 0.882. The lowest BCUT2D eigenvalue weighted by Crippen LogP contribution is -2.13. The van der Waals surface area contributed by atoms with Gasteiger partial charge in [0.1, 0.15) is 6.17 Å². The zero-order valence-electron chi connectivity index (χ0n) is 10.5. The first kappa shape index (κ1) is 14.4. The molecule has 0 fully saturated rings. The molecule has 0 aromatic heterocycles. The van der Waals surface area contributed by atoms with E-state index in [4.69, 9.17) is 9.84 Å². The second-order valence-corrected chi connectivity index (χ2v) is 4.25. The summed E-state index contributed by atoms with van der Waals surface area (Å²) < 4.78 is 31.8. The molecule has 0 aliphatic heterocycles. The van der Waals surface area contributed by atoms with Crippen molar-refractivity contribution in [1.82, 2.24) is 0 Å². The first-order valence-electron chi connectivity index (χ1n) is 5.60. The van der Waals surface area contributed by atoms with Crippen LogP contribution in [0.1, 0.15) is 31.1 Å². The summed E-state index contributed by atoms with van der Waals surface area (Å²) in [5.41, 5.74) is 0.549. The molecule has 3 nitrogen and oxygen atoms in total. The first-order chi connectivity index (χ1) is 8.36. The number of halogens is 2. The molecule has 0 radical (unpaired) electrons. The Bertz CT molecular complexity index is 444. The number of methoxy groups -OCH3 is 1. The van der Waals surface area contributed by atoms with Gasteiger partial charge in [-0.15, -0.1) is 0 Å². The van der Waals surface area contributed by atoms with Crippen molar-refractivity contribution in [3.8, 4) is 5.75 Å². The maximum absolute atomic E-state index is 13.7. The molecule has 0 saturated heterocycles. The molecule has 0 bridgehead atoms. The predicted molar refractivity (Wildman–Crippen MR) is 63.0 cm³/mol. The van der Waals surface area contributed by atoms with E-state index in [-0.39, 0.29) is 17.7 Å². The Morgan fingerprint density at radius 1 is 1.44 bits per heavy atom. The van der Waals surface area contributed by atoms with Crippen LogP contribution in [0.15, 0.2) is 12.1 Å². The van der Waals surface area contributed by atoms with E-state index in [1.807, 2.05) is 0 Å². The SMILES string of the molecule is COc1c(F)cc(C(C)F)cc1CC(C)C(=O)O. The standard InChI is InChI=1S/C13H16F2O3/c1-7(13(16)17)4-10-5-9(8(2)14)6-11(15)12(10)18-3/h5-8H,4H2,1-3H3,(H,16,17). The van der Waals surface area contributed by atoms with E-state index in [2.05, 4.69) is 0 Å². The van der Waals surface area contributed by atoms with E-state index in [1.165, 1.54) is 27.0 Å². The van der Waals surface area contributed by atoms with Gasteiger partial charge >= 0.3 is 5.97 Å². The van der Waals surface area contributed by atoms with Crippen molar-refractivity contribution in [3.63, 3.8) is 0 Å². The number of aliphatic carboxylic acids is 1. The summed E-state index contributed by atoms with van der Waals surface area (Å²) in [6.45, 7) is 2.80. The molecule has 2 atom stereocenters. The van der Waals surface area contributed by atoms with E-state index < -0.39 is 23.9 Å². The van der Waals surface area contributed by atoms with E-state index in [0.29, 0.717) is 5.56 Å². The molecular weight excluding hydrogens is 242 g/mol. The number of ether oxygens (including phenoxy) is 1. The maximum atomic E-state index is 13.7. The Morgan fingerprint density at radius 3 is 2.50 bits per heavy atom. The zero-order chi connectivity index (χ0) is 13.9. The van der Waals surface area contributed by atoms with E-state index in [1.54, 1.807) is 0 Å². The number of carbonyl (C=O) groups is 1. The fraction of sp³-hybridized carbons (Fsp3) is 0.462. The number of carboxylic acids is 1. The van der Waals surface area contributed by atoms with Gasteiger partial charge in [-0.2, -0.15) is 0 Å². The molecule has 100 valence electrons. The third-order valence-corrected chi connectivity index (χ3v) is 2.75. The molecule has 18 heavy (non-hydrogen) atoms. The van der Waals surface area contributed by atoms with Crippen LogP contribution in [0.2, 0.25) is 0 Å². The van der Waals surface area contributed by atoms with Crippen molar-refractivity contribution < 1.29 is 23.4 Å². The number of carboxylic acid groups (broad SMARTS) is 1. The smallest absolute Gasteiger partial charge is 0.306 e. The van der Waals surface area contributed by atoms with Crippen LogP contribution in [0.4, 0.5) is 8.78 Å². The molecule has 0 heterocycles. The second-order valence-electron chi connectivity index (χ2n) is 4.25. The van der Waals surface area contributed by atoms with Crippen molar-refractivity contribution in [2.24, 2.45) is 5.92 Å². The molecule has 0 aliphatic rings. The van der Waals surface area contributed by atoms with Gasteiger partial charge in [-0.05, 0) is 36.6 Å². The van der Waals surface area contributed by atoms with Crippen molar-refractivity contribution in [2.75, 3.05) is 7.11 Å². The van der Waals surface area contributed by atoms with Crippen LogP contribution in [0.5, 0.6) is 5.75 Å². The van der Waals surface area contributed by atoms with Crippen molar-refractivity contribution >= 4 is 5.97 Å².